The van der Waals surface area contributed by atoms with Gasteiger partial charge in [0, 0.05) is 34.9 Å². The summed E-state index contributed by atoms with van der Waals surface area (Å²) in [5, 5.41) is 6.66. The molecule has 4 nitrogen and oxygen atoms in total. The number of methoxy groups -OCH3 is 1. The van der Waals surface area contributed by atoms with Crippen LogP contribution in [0.3, 0.4) is 0 Å². The minimum atomic E-state index is 0.172. The Labute approximate surface area is 140 Å². The first-order chi connectivity index (χ1) is 9.91. The standard InChI is InChI=1S/C15H24BrN3OS/c1-15(2,21-5)10-19-14(17-3)18-9-11-8-12(16)6-7-13(11)20-4/h6-8H,9-10H2,1-5H3,(H2,17,18,19). The summed E-state index contributed by atoms with van der Waals surface area (Å²) in [5.41, 5.74) is 1.08. The number of thioether (sulfide) groups is 1. The second-order valence-corrected chi connectivity index (χ2v) is 7.63. The third kappa shape index (κ3) is 6.18. The Balaban J connectivity index is 2.62. The quantitative estimate of drug-likeness (QED) is 0.593. The summed E-state index contributed by atoms with van der Waals surface area (Å²) in [4.78, 5) is 4.25. The Bertz CT molecular complexity index is 492. The van der Waals surface area contributed by atoms with Crippen molar-refractivity contribution in [2.24, 2.45) is 4.99 Å². The first kappa shape index (κ1) is 18.2. The number of halogens is 1. The molecule has 0 unspecified atom stereocenters. The van der Waals surface area contributed by atoms with Gasteiger partial charge in [0.05, 0.1) is 7.11 Å². The second kappa shape index (κ2) is 8.54. The lowest BCUT2D eigenvalue weighted by molar-refractivity contribution is 0.409. The highest BCUT2D eigenvalue weighted by Crippen LogP contribution is 2.23. The number of ether oxygens (including phenoxy) is 1. The van der Waals surface area contributed by atoms with Crippen LogP contribution in [0.4, 0.5) is 0 Å². The number of benzene rings is 1. The van der Waals surface area contributed by atoms with Gasteiger partial charge in [0.25, 0.3) is 0 Å². The predicted molar refractivity (Wildman–Crippen MR) is 96.5 cm³/mol. The van der Waals surface area contributed by atoms with Crippen molar-refractivity contribution in [3.63, 3.8) is 0 Å². The molecule has 2 N–H and O–H groups in total. The molecular weight excluding hydrogens is 350 g/mol. The molecule has 118 valence electrons. The number of nitrogens with zero attached hydrogens (tertiary/aromatic N) is 1. The van der Waals surface area contributed by atoms with E-state index >= 15 is 0 Å². The lowest BCUT2D eigenvalue weighted by atomic mass is 10.2. The maximum absolute atomic E-state index is 5.37. The van der Waals surface area contributed by atoms with Crippen LogP contribution in [-0.4, -0.2) is 37.7 Å². The molecule has 0 amide bonds. The summed E-state index contributed by atoms with van der Waals surface area (Å²) in [6, 6.07) is 5.97. The number of nitrogens with one attached hydrogen (secondary N) is 2. The first-order valence-electron chi connectivity index (χ1n) is 6.74. The normalized spacial score (nSPS) is 12.2. The summed E-state index contributed by atoms with van der Waals surface area (Å²) >= 11 is 5.31. The minimum Gasteiger partial charge on any atom is -0.496 e. The van der Waals surface area contributed by atoms with Gasteiger partial charge >= 0.3 is 0 Å². The molecule has 21 heavy (non-hydrogen) atoms. The van der Waals surface area contributed by atoms with E-state index in [9.17, 15) is 0 Å². The van der Waals surface area contributed by atoms with Crippen LogP contribution in [0, 0.1) is 0 Å². The van der Waals surface area contributed by atoms with Crippen LogP contribution in [0.15, 0.2) is 27.7 Å². The molecule has 0 aliphatic rings. The zero-order chi connectivity index (χ0) is 15.9. The van der Waals surface area contributed by atoms with Crippen LogP contribution in [0.5, 0.6) is 5.75 Å². The van der Waals surface area contributed by atoms with Gasteiger partial charge in [-0.1, -0.05) is 15.9 Å². The number of guanidine groups is 1. The molecule has 6 heteroatoms. The predicted octanol–water partition coefficient (Wildman–Crippen LogP) is 3.26. The third-order valence-corrected chi connectivity index (χ3v) is 4.89. The van der Waals surface area contributed by atoms with E-state index in [2.05, 4.69) is 51.7 Å². The maximum Gasteiger partial charge on any atom is 0.191 e. The lowest BCUT2D eigenvalue weighted by Crippen LogP contribution is -2.43. The molecule has 0 bridgehead atoms. The van der Waals surface area contributed by atoms with Crippen molar-refractivity contribution >= 4 is 33.7 Å². The molecule has 0 atom stereocenters. The number of hydrogen-bond donors (Lipinski definition) is 2. The van der Waals surface area contributed by atoms with Gasteiger partial charge in [-0.3, -0.25) is 4.99 Å². The summed E-state index contributed by atoms with van der Waals surface area (Å²) in [7, 11) is 3.46. The summed E-state index contributed by atoms with van der Waals surface area (Å²) in [6.07, 6.45) is 2.12. The van der Waals surface area contributed by atoms with E-state index < -0.39 is 0 Å². The van der Waals surface area contributed by atoms with Crippen LogP contribution in [0.1, 0.15) is 19.4 Å². The average Bonchev–Trinajstić information content (AvgIpc) is 2.47. The van der Waals surface area contributed by atoms with Crippen molar-refractivity contribution in [3.8, 4) is 5.75 Å². The number of aliphatic imine (C=N–C) groups is 1. The molecular formula is C15H24BrN3OS. The Hall–Kier alpha value is -0.880. The molecule has 1 aromatic carbocycles. The van der Waals surface area contributed by atoms with Gasteiger partial charge < -0.3 is 15.4 Å². The van der Waals surface area contributed by atoms with Gasteiger partial charge in [-0.15, -0.1) is 0 Å². The van der Waals surface area contributed by atoms with Gasteiger partial charge in [0.2, 0.25) is 0 Å². The fourth-order valence-corrected chi connectivity index (χ4v) is 2.28. The summed E-state index contributed by atoms with van der Waals surface area (Å²) in [5.74, 6) is 1.66. The largest absolute Gasteiger partial charge is 0.496 e. The molecule has 0 spiro atoms. The third-order valence-electron chi connectivity index (χ3n) is 3.15. The average molecular weight is 374 g/mol. The van der Waals surface area contributed by atoms with E-state index in [1.807, 2.05) is 30.0 Å². The van der Waals surface area contributed by atoms with E-state index in [0.717, 1.165) is 28.3 Å². The Kier molecular flexibility index (Phi) is 7.39. The van der Waals surface area contributed by atoms with Crippen LogP contribution in [0.25, 0.3) is 0 Å². The molecule has 0 saturated carbocycles. The molecule has 0 aliphatic heterocycles. The molecule has 0 saturated heterocycles. The zero-order valence-electron chi connectivity index (χ0n) is 13.3. The summed E-state index contributed by atoms with van der Waals surface area (Å²) < 4.78 is 6.58. The van der Waals surface area contributed by atoms with Crippen molar-refractivity contribution in [2.45, 2.75) is 25.1 Å². The highest BCUT2D eigenvalue weighted by molar-refractivity contribution is 9.10. The zero-order valence-corrected chi connectivity index (χ0v) is 15.7. The van der Waals surface area contributed by atoms with E-state index in [1.54, 1.807) is 14.2 Å². The molecule has 0 aliphatic carbocycles. The molecule has 1 aromatic rings. The fraction of sp³-hybridized carbons (Fsp3) is 0.533. The molecule has 1 rings (SSSR count). The first-order valence-corrected chi connectivity index (χ1v) is 8.75. The van der Waals surface area contributed by atoms with E-state index in [-0.39, 0.29) is 4.75 Å². The highest BCUT2D eigenvalue weighted by Gasteiger charge is 2.16. The Morgan fingerprint density at radius 2 is 2.10 bits per heavy atom. The van der Waals surface area contributed by atoms with Crippen molar-refractivity contribution < 1.29 is 4.74 Å². The topological polar surface area (TPSA) is 45.7 Å². The van der Waals surface area contributed by atoms with Crippen LogP contribution >= 0.6 is 27.7 Å². The molecule has 0 aromatic heterocycles. The van der Waals surface area contributed by atoms with E-state index in [4.69, 9.17) is 4.74 Å². The van der Waals surface area contributed by atoms with Gasteiger partial charge in [0.1, 0.15) is 5.75 Å². The minimum absolute atomic E-state index is 0.172. The van der Waals surface area contributed by atoms with Crippen molar-refractivity contribution in [2.75, 3.05) is 27.0 Å². The summed E-state index contributed by atoms with van der Waals surface area (Å²) in [6.45, 7) is 5.91. The van der Waals surface area contributed by atoms with Gasteiger partial charge in [-0.25, -0.2) is 0 Å². The fourth-order valence-electron chi connectivity index (χ4n) is 1.65. The maximum atomic E-state index is 5.37. The SMILES string of the molecule is CN=C(NCc1cc(Br)ccc1OC)NCC(C)(C)SC. The van der Waals surface area contributed by atoms with Crippen molar-refractivity contribution in [3.05, 3.63) is 28.2 Å². The Morgan fingerprint density at radius 1 is 1.38 bits per heavy atom. The van der Waals surface area contributed by atoms with Gasteiger partial charge in [-0.2, -0.15) is 11.8 Å². The van der Waals surface area contributed by atoms with Crippen LogP contribution in [-0.2, 0) is 6.54 Å². The number of rotatable bonds is 6. The lowest BCUT2D eigenvalue weighted by Gasteiger charge is -2.24. The van der Waals surface area contributed by atoms with Crippen molar-refractivity contribution in [1.82, 2.24) is 10.6 Å². The molecule has 0 fully saturated rings. The smallest absolute Gasteiger partial charge is 0.191 e. The Morgan fingerprint density at radius 3 is 2.67 bits per heavy atom. The molecule has 0 heterocycles. The second-order valence-electron chi connectivity index (χ2n) is 5.20. The van der Waals surface area contributed by atoms with Gasteiger partial charge in [-0.05, 0) is 38.3 Å². The van der Waals surface area contributed by atoms with Gasteiger partial charge in [0.15, 0.2) is 5.96 Å². The van der Waals surface area contributed by atoms with Crippen LogP contribution in [0.2, 0.25) is 0 Å². The van der Waals surface area contributed by atoms with Crippen molar-refractivity contribution in [1.29, 1.82) is 0 Å². The van der Waals surface area contributed by atoms with Crippen LogP contribution < -0.4 is 15.4 Å². The number of hydrogen-bond acceptors (Lipinski definition) is 3. The molecule has 0 radical (unpaired) electrons. The van der Waals surface area contributed by atoms with E-state index in [0.29, 0.717) is 6.54 Å². The monoisotopic (exact) mass is 373 g/mol. The van der Waals surface area contributed by atoms with E-state index in [1.165, 1.54) is 0 Å². The highest BCUT2D eigenvalue weighted by atomic mass is 79.9.